The molecule has 9 nitrogen and oxygen atoms in total. The molecule has 0 atom stereocenters. The van der Waals surface area contributed by atoms with Gasteiger partial charge in [0, 0.05) is 42.6 Å². The number of fused-ring (bicyclic) bond motifs is 3. The van der Waals surface area contributed by atoms with Crippen LogP contribution >= 0.6 is 11.6 Å². The lowest BCUT2D eigenvalue weighted by Gasteiger charge is -2.23. The van der Waals surface area contributed by atoms with Crippen LogP contribution in [-0.4, -0.2) is 30.2 Å². The summed E-state index contributed by atoms with van der Waals surface area (Å²) in [5, 5.41) is 6.44. The fraction of sp³-hybridized carbons (Fsp3) is 0.250. The van der Waals surface area contributed by atoms with E-state index in [1.54, 1.807) is 19.9 Å². The minimum atomic E-state index is -2.91. The summed E-state index contributed by atoms with van der Waals surface area (Å²) < 4.78 is 66.9. The predicted octanol–water partition coefficient (Wildman–Crippen LogP) is 4.79. The van der Waals surface area contributed by atoms with Crippen LogP contribution < -0.4 is 15.6 Å². The smallest absolute Gasteiger partial charge is 0.277 e. The Morgan fingerprint density at radius 3 is 2.71 bits per heavy atom. The summed E-state index contributed by atoms with van der Waals surface area (Å²) in [7, 11) is 0. The summed E-state index contributed by atoms with van der Waals surface area (Å²) in [5.74, 6) is -3.54. The van der Waals surface area contributed by atoms with E-state index in [0.717, 1.165) is 6.20 Å². The van der Waals surface area contributed by atoms with Crippen molar-refractivity contribution in [3.63, 3.8) is 0 Å². The van der Waals surface area contributed by atoms with E-state index >= 15 is 0 Å². The Morgan fingerprint density at radius 1 is 1.20 bits per heavy atom. The highest BCUT2D eigenvalue weighted by molar-refractivity contribution is 6.31. The zero-order valence-corrected chi connectivity index (χ0v) is 22.8. The highest BCUT2D eigenvalue weighted by Crippen LogP contribution is 2.30. The maximum absolute atomic E-state index is 15.0. The molecule has 0 radical (unpaired) electrons. The van der Waals surface area contributed by atoms with Gasteiger partial charge in [-0.05, 0) is 26.7 Å². The van der Waals surface area contributed by atoms with Crippen molar-refractivity contribution in [3.8, 4) is 17.3 Å². The molecule has 41 heavy (non-hydrogen) atoms. The van der Waals surface area contributed by atoms with Crippen molar-refractivity contribution in [2.45, 2.75) is 45.7 Å². The monoisotopic (exact) mass is 586 g/mol. The molecule has 4 aromatic heterocycles. The van der Waals surface area contributed by atoms with Crippen LogP contribution in [-0.2, 0) is 23.3 Å². The highest BCUT2D eigenvalue weighted by Gasteiger charge is 2.29. The number of pyridine rings is 3. The number of hydrogen-bond donors (Lipinski definition) is 1. The Bertz CT molecular complexity index is 1860. The number of allylic oxidation sites excluding steroid dienone is 1. The maximum Gasteiger partial charge on any atom is 0.277 e. The van der Waals surface area contributed by atoms with Crippen molar-refractivity contribution >= 4 is 23.6 Å². The van der Waals surface area contributed by atoms with E-state index in [0.29, 0.717) is 42.0 Å². The van der Waals surface area contributed by atoms with Crippen LogP contribution in [0.25, 0.3) is 17.6 Å². The van der Waals surface area contributed by atoms with E-state index in [9.17, 15) is 22.8 Å². The molecule has 0 bridgehead atoms. The van der Waals surface area contributed by atoms with Gasteiger partial charge in [-0.2, -0.15) is 5.10 Å². The van der Waals surface area contributed by atoms with Gasteiger partial charge in [-0.1, -0.05) is 23.8 Å². The first-order chi connectivity index (χ1) is 20.2. The second kappa shape index (κ2) is 10.8. The average Bonchev–Trinajstić information content (AvgIpc) is 3.30. The number of rotatable bonds is 6. The van der Waals surface area contributed by atoms with Gasteiger partial charge < -0.3 is 10.1 Å². The topological polar surface area (TPSA) is 104 Å². The summed E-state index contributed by atoms with van der Waals surface area (Å²) in [6.45, 7) is 1.60. The Kier molecular flexibility index (Phi) is 6.75. The number of nitrogens with zero attached hydrogens (tertiary/aromatic N) is 5. The van der Waals surface area contributed by atoms with Gasteiger partial charge in [0.25, 0.3) is 5.56 Å². The van der Waals surface area contributed by atoms with Crippen molar-refractivity contribution in [1.82, 2.24) is 29.6 Å². The zero-order valence-electron chi connectivity index (χ0n) is 24.0. The second-order valence-electron chi connectivity index (χ2n) is 9.76. The fourth-order valence-electron chi connectivity index (χ4n) is 4.46. The summed E-state index contributed by atoms with van der Waals surface area (Å²) in [5.41, 5.74) is -1.54. The van der Waals surface area contributed by atoms with Crippen LogP contribution in [0, 0.1) is 17.5 Å². The Balaban J connectivity index is 1.60. The van der Waals surface area contributed by atoms with E-state index in [2.05, 4.69) is 20.4 Å². The number of carbonyl (C=O) groups is 1. The first kappa shape index (κ1) is 25.5. The third-order valence-corrected chi connectivity index (χ3v) is 6.59. The number of halogens is 4. The number of carbonyl (C=O) groups excluding carboxylic acids is 1. The number of ether oxygens (including phenoxy) is 1. The summed E-state index contributed by atoms with van der Waals surface area (Å²) in [6.07, 6.45) is 7.60. The van der Waals surface area contributed by atoms with E-state index in [1.807, 2.05) is 6.08 Å². The fourth-order valence-corrected chi connectivity index (χ4v) is 4.63. The molecule has 0 aromatic carbocycles. The quantitative estimate of drug-likeness (QED) is 0.348. The normalized spacial score (nSPS) is 14.6. The van der Waals surface area contributed by atoms with Gasteiger partial charge in [0.15, 0.2) is 17.5 Å². The van der Waals surface area contributed by atoms with Crippen LogP contribution in [0.4, 0.5) is 13.2 Å². The average molecular weight is 587 g/mol. The third-order valence-electron chi connectivity index (χ3n) is 6.25. The Morgan fingerprint density at radius 2 is 1.98 bits per heavy atom. The SMILES string of the molecule is [2H]C([2H])(Oc1cc2n(c(=O)c1Cl)-c1cc(-n3cc(F)c(C(C)(C)NC(C)=O)n3)ncc1/C=C\CC2)c1ncc(F)cc1F. The lowest BCUT2D eigenvalue weighted by molar-refractivity contribution is -0.120. The zero-order chi connectivity index (χ0) is 31.3. The summed E-state index contributed by atoms with van der Waals surface area (Å²) >= 11 is 6.39. The molecule has 0 spiro atoms. The lowest BCUT2D eigenvalue weighted by Crippen LogP contribution is -2.40. The molecule has 4 aromatic rings. The first-order valence-corrected chi connectivity index (χ1v) is 12.7. The molecule has 212 valence electrons. The van der Waals surface area contributed by atoms with Crippen molar-refractivity contribution in [1.29, 1.82) is 0 Å². The van der Waals surface area contributed by atoms with Crippen LogP contribution in [0.5, 0.6) is 5.75 Å². The summed E-state index contributed by atoms with van der Waals surface area (Å²) in [4.78, 5) is 33.1. The van der Waals surface area contributed by atoms with E-state index < -0.39 is 45.8 Å². The predicted molar refractivity (Wildman–Crippen MR) is 145 cm³/mol. The van der Waals surface area contributed by atoms with Crippen LogP contribution in [0.2, 0.25) is 5.02 Å². The number of amides is 1. The minimum absolute atomic E-state index is 0.0279. The van der Waals surface area contributed by atoms with Gasteiger partial charge in [0.05, 0.1) is 26.4 Å². The molecule has 0 aliphatic carbocycles. The van der Waals surface area contributed by atoms with Crippen LogP contribution in [0.15, 0.2) is 47.7 Å². The molecule has 1 amide bonds. The molecular formula is C28H24ClF3N6O3. The standard InChI is InChI=1S/C28H24ClF3N6O3/c1-15(39)35-28(2,3)26-20(32)13-37(36-26)24-10-22-16(11-34-24)6-4-5-7-18-9-23(25(29)27(40)38(18)22)41-14-21-19(31)8-17(30)12-33-21/h4,6,8-13H,5,7,14H2,1-3H3,(H,35,39)/b6-4-/i14D2. The maximum atomic E-state index is 15.0. The van der Waals surface area contributed by atoms with Gasteiger partial charge in [0.2, 0.25) is 5.91 Å². The minimum Gasteiger partial charge on any atom is -0.485 e. The molecular weight excluding hydrogens is 561 g/mol. The first-order valence-electron chi connectivity index (χ1n) is 13.3. The molecule has 13 heteroatoms. The van der Waals surface area contributed by atoms with Crippen molar-refractivity contribution in [2.24, 2.45) is 0 Å². The second-order valence-corrected chi connectivity index (χ2v) is 10.1. The van der Waals surface area contributed by atoms with Crippen LogP contribution in [0.1, 0.15) is 52.6 Å². The molecule has 0 saturated carbocycles. The molecule has 1 aliphatic heterocycles. The van der Waals surface area contributed by atoms with Gasteiger partial charge in [-0.15, -0.1) is 0 Å². The van der Waals surface area contributed by atoms with Crippen molar-refractivity contribution < 1.29 is 25.4 Å². The van der Waals surface area contributed by atoms with E-state index in [-0.39, 0.29) is 23.2 Å². The highest BCUT2D eigenvalue weighted by atomic mass is 35.5. The molecule has 1 aliphatic rings. The summed E-state index contributed by atoms with van der Waals surface area (Å²) in [6, 6.07) is 3.32. The number of aromatic nitrogens is 5. The van der Waals surface area contributed by atoms with E-state index in [4.69, 9.17) is 19.1 Å². The van der Waals surface area contributed by atoms with Crippen molar-refractivity contribution in [3.05, 3.63) is 98.3 Å². The number of aryl methyl sites for hydroxylation is 1. The van der Waals surface area contributed by atoms with Gasteiger partial charge in [-0.25, -0.2) is 22.8 Å². The lowest BCUT2D eigenvalue weighted by atomic mass is 10.0. The van der Waals surface area contributed by atoms with E-state index in [1.165, 1.54) is 34.5 Å². The molecule has 0 fully saturated rings. The van der Waals surface area contributed by atoms with Gasteiger partial charge in [-0.3, -0.25) is 19.1 Å². The van der Waals surface area contributed by atoms with Gasteiger partial charge >= 0.3 is 0 Å². The van der Waals surface area contributed by atoms with Crippen molar-refractivity contribution in [2.75, 3.05) is 0 Å². The van der Waals surface area contributed by atoms with Crippen LogP contribution in [0.3, 0.4) is 0 Å². The molecule has 5 heterocycles. The molecule has 1 N–H and O–H groups in total. The Labute approximate surface area is 240 Å². The third kappa shape index (κ3) is 5.60. The molecule has 5 rings (SSSR count). The Hall–Kier alpha value is -4.45. The largest absolute Gasteiger partial charge is 0.485 e. The number of nitrogens with one attached hydrogen (secondary N) is 1. The molecule has 0 saturated heterocycles. The molecule has 0 unspecified atom stereocenters. The van der Waals surface area contributed by atoms with Gasteiger partial charge in [0.1, 0.15) is 34.5 Å². The number of hydrogen-bond acceptors (Lipinski definition) is 6.